The molecule has 0 radical (unpaired) electrons. The van der Waals surface area contributed by atoms with E-state index in [0.717, 1.165) is 18.5 Å². The third kappa shape index (κ3) is 1.99. The minimum absolute atomic E-state index is 0.166. The Labute approximate surface area is 96.4 Å². The molecule has 0 amide bonds. The lowest BCUT2D eigenvalue weighted by Gasteiger charge is -2.08. The van der Waals surface area contributed by atoms with Gasteiger partial charge in [0.2, 0.25) is 0 Å². The lowest BCUT2D eigenvalue weighted by molar-refractivity contribution is 0.0525. The third-order valence-corrected chi connectivity index (χ3v) is 3.21. The molecular weight excluding hydrogens is 202 g/mol. The summed E-state index contributed by atoms with van der Waals surface area (Å²) >= 11 is 0. The van der Waals surface area contributed by atoms with Crippen LogP contribution in [0.15, 0.2) is 6.07 Å². The number of hydrogen-bond donors (Lipinski definition) is 0. The van der Waals surface area contributed by atoms with Crippen molar-refractivity contribution in [3.8, 4) is 0 Å². The normalized spacial score (nSPS) is 15.4. The van der Waals surface area contributed by atoms with Crippen molar-refractivity contribution in [1.82, 2.24) is 4.57 Å². The third-order valence-electron chi connectivity index (χ3n) is 3.21. The van der Waals surface area contributed by atoms with Crippen LogP contribution in [0.3, 0.4) is 0 Å². The molecule has 0 saturated heterocycles. The maximum absolute atomic E-state index is 11.8. The number of aromatic nitrogens is 1. The Morgan fingerprint density at radius 3 is 3.00 bits per heavy atom. The van der Waals surface area contributed by atoms with Gasteiger partial charge in [0.05, 0.1) is 12.2 Å². The van der Waals surface area contributed by atoms with Crippen molar-refractivity contribution >= 4 is 5.97 Å². The predicted molar refractivity (Wildman–Crippen MR) is 62.7 cm³/mol. The van der Waals surface area contributed by atoms with E-state index in [4.69, 9.17) is 4.74 Å². The molecule has 0 atom stereocenters. The first-order chi connectivity index (χ1) is 7.74. The van der Waals surface area contributed by atoms with Crippen LogP contribution in [-0.4, -0.2) is 17.1 Å². The van der Waals surface area contributed by atoms with Crippen LogP contribution >= 0.6 is 0 Å². The fraction of sp³-hybridized carbons (Fsp3) is 0.615. The Morgan fingerprint density at radius 1 is 1.44 bits per heavy atom. The molecule has 16 heavy (non-hydrogen) atoms. The van der Waals surface area contributed by atoms with Gasteiger partial charge in [0.25, 0.3) is 0 Å². The van der Waals surface area contributed by atoms with E-state index in [0.29, 0.717) is 6.61 Å². The topological polar surface area (TPSA) is 31.2 Å². The average molecular weight is 221 g/mol. The summed E-state index contributed by atoms with van der Waals surface area (Å²) in [5.74, 6) is -0.166. The van der Waals surface area contributed by atoms with E-state index >= 15 is 0 Å². The second-order valence-corrected chi connectivity index (χ2v) is 4.33. The predicted octanol–water partition coefficient (Wildman–Crippen LogP) is 2.70. The van der Waals surface area contributed by atoms with Gasteiger partial charge < -0.3 is 9.30 Å². The number of fused-ring (bicyclic) bond motifs is 1. The molecule has 2 rings (SSSR count). The summed E-state index contributed by atoms with van der Waals surface area (Å²) in [5, 5.41) is 0. The minimum Gasteiger partial charge on any atom is -0.462 e. The van der Waals surface area contributed by atoms with E-state index in [1.807, 2.05) is 13.0 Å². The highest BCUT2D eigenvalue weighted by Crippen LogP contribution is 2.23. The van der Waals surface area contributed by atoms with Crippen molar-refractivity contribution < 1.29 is 9.53 Å². The molecule has 1 aromatic heterocycles. The lowest BCUT2D eigenvalue weighted by Crippen LogP contribution is -2.09. The van der Waals surface area contributed by atoms with Gasteiger partial charge in [0.15, 0.2) is 0 Å². The molecule has 0 aliphatic carbocycles. The standard InChI is InChI=1S/C13H19NO2/c1-3-16-13(15)11-9-10(2)14-8-6-4-5-7-12(11)14/h9H,3-8H2,1-2H3. The van der Waals surface area contributed by atoms with Crippen molar-refractivity contribution in [2.24, 2.45) is 0 Å². The molecule has 88 valence electrons. The second kappa shape index (κ2) is 4.73. The van der Waals surface area contributed by atoms with Crippen LogP contribution in [0.4, 0.5) is 0 Å². The van der Waals surface area contributed by atoms with Gasteiger partial charge in [-0.05, 0) is 39.2 Å². The van der Waals surface area contributed by atoms with Crippen LogP contribution in [0.5, 0.6) is 0 Å². The molecule has 2 heterocycles. The zero-order valence-electron chi connectivity index (χ0n) is 10.1. The summed E-state index contributed by atoms with van der Waals surface area (Å²) in [5.41, 5.74) is 3.13. The first-order valence-electron chi connectivity index (χ1n) is 6.10. The SMILES string of the molecule is CCOC(=O)c1cc(C)n2c1CCCCC2. The van der Waals surface area contributed by atoms with Gasteiger partial charge in [-0.15, -0.1) is 0 Å². The molecule has 1 aliphatic rings. The Hall–Kier alpha value is -1.25. The van der Waals surface area contributed by atoms with E-state index < -0.39 is 0 Å². The molecule has 1 aliphatic heterocycles. The van der Waals surface area contributed by atoms with Gasteiger partial charge in [-0.1, -0.05) is 6.42 Å². The highest BCUT2D eigenvalue weighted by atomic mass is 16.5. The van der Waals surface area contributed by atoms with Crippen LogP contribution < -0.4 is 0 Å². The number of rotatable bonds is 2. The van der Waals surface area contributed by atoms with E-state index in [-0.39, 0.29) is 5.97 Å². The highest BCUT2D eigenvalue weighted by molar-refractivity contribution is 5.91. The maximum Gasteiger partial charge on any atom is 0.339 e. The molecule has 0 unspecified atom stereocenters. The summed E-state index contributed by atoms with van der Waals surface area (Å²) in [4.78, 5) is 11.8. The van der Waals surface area contributed by atoms with Crippen molar-refractivity contribution in [2.45, 2.75) is 46.1 Å². The second-order valence-electron chi connectivity index (χ2n) is 4.33. The number of hydrogen-bond acceptors (Lipinski definition) is 2. The van der Waals surface area contributed by atoms with Crippen LogP contribution in [0.2, 0.25) is 0 Å². The number of esters is 1. The molecule has 0 bridgehead atoms. The number of ether oxygens (including phenoxy) is 1. The highest BCUT2D eigenvalue weighted by Gasteiger charge is 2.20. The summed E-state index contributed by atoms with van der Waals surface area (Å²) < 4.78 is 7.37. The number of aryl methyl sites for hydroxylation is 1. The zero-order chi connectivity index (χ0) is 11.5. The summed E-state index contributed by atoms with van der Waals surface area (Å²) in [6, 6.07) is 1.97. The Kier molecular flexibility index (Phi) is 3.32. The molecule has 3 nitrogen and oxygen atoms in total. The van der Waals surface area contributed by atoms with Gasteiger partial charge in [-0.3, -0.25) is 0 Å². The molecule has 0 spiro atoms. The monoisotopic (exact) mass is 221 g/mol. The van der Waals surface area contributed by atoms with E-state index in [1.165, 1.54) is 30.7 Å². The summed E-state index contributed by atoms with van der Waals surface area (Å²) in [7, 11) is 0. The van der Waals surface area contributed by atoms with Crippen molar-refractivity contribution in [2.75, 3.05) is 6.61 Å². The number of nitrogens with zero attached hydrogens (tertiary/aromatic N) is 1. The van der Waals surface area contributed by atoms with Gasteiger partial charge in [-0.2, -0.15) is 0 Å². The Balaban J connectivity index is 2.35. The molecule has 3 heteroatoms. The largest absolute Gasteiger partial charge is 0.462 e. The zero-order valence-corrected chi connectivity index (χ0v) is 10.1. The summed E-state index contributed by atoms with van der Waals surface area (Å²) in [6.07, 6.45) is 4.64. The number of carbonyl (C=O) groups excluding carboxylic acids is 1. The van der Waals surface area contributed by atoms with Gasteiger partial charge in [-0.25, -0.2) is 4.79 Å². The van der Waals surface area contributed by atoms with Crippen LogP contribution in [0, 0.1) is 6.92 Å². The minimum atomic E-state index is -0.166. The number of carbonyl (C=O) groups is 1. The van der Waals surface area contributed by atoms with Crippen LogP contribution in [-0.2, 0) is 17.7 Å². The van der Waals surface area contributed by atoms with Crippen LogP contribution in [0.1, 0.15) is 47.9 Å². The molecule has 0 fully saturated rings. The molecule has 0 saturated carbocycles. The van der Waals surface area contributed by atoms with Gasteiger partial charge >= 0.3 is 5.97 Å². The molecule has 1 aromatic rings. The fourth-order valence-corrected chi connectivity index (χ4v) is 2.43. The maximum atomic E-state index is 11.8. The smallest absolute Gasteiger partial charge is 0.339 e. The van der Waals surface area contributed by atoms with Crippen molar-refractivity contribution in [3.05, 3.63) is 23.0 Å². The first kappa shape index (κ1) is 11.2. The van der Waals surface area contributed by atoms with Gasteiger partial charge in [0.1, 0.15) is 0 Å². The molecular formula is C13H19NO2. The van der Waals surface area contributed by atoms with E-state index in [2.05, 4.69) is 11.5 Å². The Morgan fingerprint density at radius 2 is 2.25 bits per heavy atom. The summed E-state index contributed by atoms with van der Waals surface area (Å²) in [6.45, 7) is 5.40. The van der Waals surface area contributed by atoms with Gasteiger partial charge in [0, 0.05) is 17.9 Å². The fourth-order valence-electron chi connectivity index (χ4n) is 2.43. The van der Waals surface area contributed by atoms with Crippen molar-refractivity contribution in [3.63, 3.8) is 0 Å². The Bertz CT molecular complexity index is 393. The average Bonchev–Trinajstić information content (AvgIpc) is 2.47. The van der Waals surface area contributed by atoms with Crippen molar-refractivity contribution in [1.29, 1.82) is 0 Å². The van der Waals surface area contributed by atoms with Crippen LogP contribution in [0.25, 0.3) is 0 Å². The molecule has 0 N–H and O–H groups in total. The lowest BCUT2D eigenvalue weighted by atomic mass is 10.1. The van der Waals surface area contributed by atoms with E-state index in [1.54, 1.807) is 0 Å². The quantitative estimate of drug-likeness (QED) is 0.719. The molecule has 0 aromatic carbocycles. The first-order valence-corrected chi connectivity index (χ1v) is 6.10. The van der Waals surface area contributed by atoms with E-state index in [9.17, 15) is 4.79 Å².